The molecule has 0 spiro atoms. The summed E-state index contributed by atoms with van der Waals surface area (Å²) in [5.74, 6) is -0.873. The van der Waals surface area contributed by atoms with Crippen molar-refractivity contribution < 1.29 is 23.1 Å². The molecule has 8 heteroatoms. The summed E-state index contributed by atoms with van der Waals surface area (Å²) in [6, 6.07) is 9.71. The zero-order valence-corrected chi connectivity index (χ0v) is 14.9. The second kappa shape index (κ2) is 7.49. The van der Waals surface area contributed by atoms with Crippen LogP contribution in [0.25, 0.3) is 0 Å². The topological polar surface area (TPSA) is 67.2 Å². The molecule has 26 heavy (non-hydrogen) atoms. The summed E-state index contributed by atoms with van der Waals surface area (Å²) in [5, 5.41) is 16.3. The van der Waals surface area contributed by atoms with Crippen LogP contribution in [0, 0.1) is 13.8 Å². The lowest BCUT2D eigenvalue weighted by Crippen LogP contribution is -2.46. The van der Waals surface area contributed by atoms with Crippen molar-refractivity contribution in [2.75, 3.05) is 0 Å². The fraction of sp³-hybridized carbons (Fsp3) is 0.444. The van der Waals surface area contributed by atoms with Gasteiger partial charge in [0.25, 0.3) is 0 Å². The van der Waals surface area contributed by atoms with Crippen LogP contribution in [0.2, 0.25) is 0 Å². The molecule has 1 aromatic carbocycles. The average molecular weight is 369 g/mol. The Morgan fingerprint density at radius 1 is 1.23 bits per heavy atom. The highest BCUT2D eigenvalue weighted by Crippen LogP contribution is 2.32. The van der Waals surface area contributed by atoms with Gasteiger partial charge in [0.05, 0.1) is 18.7 Å². The number of alkyl halides is 3. The fourth-order valence-electron chi connectivity index (χ4n) is 2.56. The summed E-state index contributed by atoms with van der Waals surface area (Å²) in [7, 11) is 0. The number of hydrogen-bond donors (Lipinski definition) is 2. The molecule has 2 aromatic rings. The number of aryl methyl sites for hydroxylation is 1. The van der Waals surface area contributed by atoms with E-state index in [1.807, 2.05) is 37.3 Å². The number of carbonyl (C=O) groups excluding carboxylic acids is 1. The molecule has 5 nitrogen and oxygen atoms in total. The van der Waals surface area contributed by atoms with Gasteiger partial charge >= 0.3 is 6.18 Å². The molecule has 0 saturated heterocycles. The van der Waals surface area contributed by atoms with E-state index in [1.54, 1.807) is 11.6 Å². The second-order valence-corrected chi connectivity index (χ2v) is 6.52. The summed E-state index contributed by atoms with van der Waals surface area (Å²) in [5.41, 5.74) is 0.282. The van der Waals surface area contributed by atoms with Crippen molar-refractivity contribution in [1.29, 1.82) is 0 Å². The molecular formula is C18H22F3N3O2. The van der Waals surface area contributed by atoms with E-state index in [0.29, 0.717) is 19.2 Å². The molecule has 2 N–H and O–H groups in total. The van der Waals surface area contributed by atoms with Crippen LogP contribution >= 0.6 is 0 Å². The smallest absolute Gasteiger partial charge is 0.380 e. The molecule has 2 rings (SSSR count). The minimum absolute atomic E-state index is 0.0548. The van der Waals surface area contributed by atoms with Crippen molar-refractivity contribution in [1.82, 2.24) is 15.1 Å². The Labute approximate surface area is 149 Å². The lowest BCUT2D eigenvalue weighted by atomic mass is 10.0. The Hall–Kier alpha value is -2.35. The minimum Gasteiger partial charge on any atom is -0.380 e. The van der Waals surface area contributed by atoms with Gasteiger partial charge in [0.2, 0.25) is 5.91 Å². The Balaban J connectivity index is 2.03. The fourth-order valence-corrected chi connectivity index (χ4v) is 2.56. The highest BCUT2D eigenvalue weighted by molar-refractivity contribution is 5.77. The maximum absolute atomic E-state index is 12.7. The third-order valence-corrected chi connectivity index (χ3v) is 4.28. The zero-order valence-electron chi connectivity index (χ0n) is 14.9. The summed E-state index contributed by atoms with van der Waals surface area (Å²) in [6.07, 6.45) is -5.91. The van der Waals surface area contributed by atoms with Crippen molar-refractivity contribution >= 4 is 5.91 Å². The van der Waals surface area contributed by atoms with Crippen LogP contribution < -0.4 is 5.32 Å². The van der Waals surface area contributed by atoms with Crippen LogP contribution in [0.3, 0.4) is 0 Å². The van der Waals surface area contributed by atoms with Crippen molar-refractivity contribution in [3.63, 3.8) is 0 Å². The molecule has 142 valence electrons. The number of aliphatic hydroxyl groups is 1. The molecule has 0 fully saturated rings. The van der Waals surface area contributed by atoms with E-state index in [0.717, 1.165) is 16.8 Å². The minimum atomic E-state index is -4.86. The van der Waals surface area contributed by atoms with Gasteiger partial charge in [-0.2, -0.15) is 18.3 Å². The van der Waals surface area contributed by atoms with E-state index in [-0.39, 0.29) is 6.54 Å². The highest BCUT2D eigenvalue weighted by atomic mass is 19.4. The van der Waals surface area contributed by atoms with E-state index in [9.17, 15) is 23.1 Å². The molecule has 0 unspecified atom stereocenters. The maximum Gasteiger partial charge on any atom is 0.417 e. The van der Waals surface area contributed by atoms with E-state index in [4.69, 9.17) is 0 Å². The molecule has 0 aliphatic carbocycles. The Kier molecular flexibility index (Phi) is 5.75. The number of nitrogens with zero attached hydrogens (tertiary/aromatic N) is 2. The molecule has 1 heterocycles. The quantitative estimate of drug-likeness (QED) is 0.823. The number of rotatable bonds is 6. The first-order valence-electron chi connectivity index (χ1n) is 8.14. The molecule has 0 aliphatic rings. The van der Waals surface area contributed by atoms with Gasteiger partial charge < -0.3 is 10.4 Å². The normalized spacial score (nSPS) is 14.1. The molecule has 0 radical (unpaired) electrons. The Bertz CT molecular complexity index is 768. The first-order chi connectivity index (χ1) is 12.0. The molecule has 0 saturated carbocycles. The predicted molar refractivity (Wildman–Crippen MR) is 90.4 cm³/mol. The van der Waals surface area contributed by atoms with Gasteiger partial charge in [0, 0.05) is 17.8 Å². The van der Waals surface area contributed by atoms with Crippen molar-refractivity contribution in [2.45, 2.75) is 52.1 Å². The number of benzene rings is 1. The first kappa shape index (κ1) is 20.0. The standard InChI is InChI=1S/C18H22F3N3O2/c1-12-15(10-22-16(25)9-17(3,26)18(19,20)21)13(2)24(23-12)11-14-7-5-4-6-8-14/h4-8,26H,9-11H2,1-3H3,(H,22,25)/t17-/m0/s1. The lowest BCUT2D eigenvalue weighted by Gasteiger charge is -2.25. The Morgan fingerprint density at radius 2 is 1.85 bits per heavy atom. The summed E-state index contributed by atoms with van der Waals surface area (Å²) in [6.45, 7) is 4.82. The van der Waals surface area contributed by atoms with Crippen LogP contribution in [0.5, 0.6) is 0 Å². The van der Waals surface area contributed by atoms with Gasteiger partial charge in [-0.3, -0.25) is 9.48 Å². The molecule has 1 amide bonds. The van der Waals surface area contributed by atoms with Gasteiger partial charge in [0.15, 0.2) is 5.60 Å². The third kappa shape index (κ3) is 4.63. The van der Waals surface area contributed by atoms with Crippen LogP contribution in [0.4, 0.5) is 13.2 Å². The van der Waals surface area contributed by atoms with Crippen molar-refractivity contribution in [2.24, 2.45) is 0 Å². The van der Waals surface area contributed by atoms with Crippen LogP contribution in [0.1, 0.15) is 35.9 Å². The summed E-state index contributed by atoms with van der Waals surface area (Å²) in [4.78, 5) is 11.8. The van der Waals surface area contributed by atoms with Crippen LogP contribution in [0.15, 0.2) is 30.3 Å². The molecule has 0 bridgehead atoms. The van der Waals surface area contributed by atoms with Crippen molar-refractivity contribution in [3.8, 4) is 0 Å². The maximum atomic E-state index is 12.7. The van der Waals surface area contributed by atoms with Crippen LogP contribution in [-0.4, -0.2) is 32.6 Å². The number of amides is 1. The number of hydrogen-bond acceptors (Lipinski definition) is 3. The zero-order chi connectivity index (χ0) is 19.5. The predicted octanol–water partition coefficient (Wildman–Crippen LogP) is 2.87. The van der Waals surface area contributed by atoms with Gasteiger partial charge in [-0.1, -0.05) is 30.3 Å². The SMILES string of the molecule is Cc1nn(Cc2ccccc2)c(C)c1CNC(=O)C[C@](C)(O)C(F)(F)F. The number of carbonyl (C=O) groups is 1. The third-order valence-electron chi connectivity index (χ3n) is 4.28. The summed E-state index contributed by atoms with van der Waals surface area (Å²) < 4.78 is 39.7. The number of halogens is 3. The monoisotopic (exact) mass is 369 g/mol. The Morgan fingerprint density at radius 3 is 2.42 bits per heavy atom. The lowest BCUT2D eigenvalue weighted by molar-refractivity contribution is -0.253. The van der Waals surface area contributed by atoms with Gasteiger partial charge in [0.1, 0.15) is 0 Å². The van der Waals surface area contributed by atoms with E-state index in [1.165, 1.54) is 0 Å². The van der Waals surface area contributed by atoms with Gasteiger partial charge in [-0.15, -0.1) is 0 Å². The van der Waals surface area contributed by atoms with Gasteiger partial charge in [-0.25, -0.2) is 0 Å². The number of aromatic nitrogens is 2. The molecule has 1 atom stereocenters. The van der Waals surface area contributed by atoms with Gasteiger partial charge in [-0.05, 0) is 26.3 Å². The summed E-state index contributed by atoms with van der Waals surface area (Å²) >= 11 is 0. The number of nitrogens with one attached hydrogen (secondary N) is 1. The van der Waals surface area contributed by atoms with E-state index < -0.39 is 24.1 Å². The van der Waals surface area contributed by atoms with E-state index >= 15 is 0 Å². The molecule has 0 aliphatic heterocycles. The van der Waals surface area contributed by atoms with Crippen molar-refractivity contribution in [3.05, 3.63) is 52.8 Å². The molecule has 1 aromatic heterocycles. The average Bonchev–Trinajstić information content (AvgIpc) is 2.79. The van der Waals surface area contributed by atoms with E-state index in [2.05, 4.69) is 10.4 Å². The largest absolute Gasteiger partial charge is 0.417 e. The van der Waals surface area contributed by atoms with Crippen LogP contribution in [-0.2, 0) is 17.9 Å². The highest BCUT2D eigenvalue weighted by Gasteiger charge is 2.50. The first-order valence-corrected chi connectivity index (χ1v) is 8.14. The second-order valence-electron chi connectivity index (χ2n) is 6.52. The molecular weight excluding hydrogens is 347 g/mol.